The lowest BCUT2D eigenvalue weighted by Crippen LogP contribution is -2.38. The molecule has 10 nitrogen and oxygen atoms in total. The van der Waals surface area contributed by atoms with Gasteiger partial charge in [0.15, 0.2) is 0 Å². The van der Waals surface area contributed by atoms with Crippen LogP contribution in [0.2, 0.25) is 0 Å². The summed E-state index contributed by atoms with van der Waals surface area (Å²) in [6.45, 7) is 3.17. The van der Waals surface area contributed by atoms with Crippen molar-refractivity contribution in [1.29, 1.82) is 0 Å². The molecule has 34 heavy (non-hydrogen) atoms. The molecule has 7 N–H and O–H groups in total. The van der Waals surface area contributed by atoms with E-state index in [1.54, 1.807) is 0 Å². The van der Waals surface area contributed by atoms with Crippen LogP contribution in [-0.2, 0) is 16.0 Å². The zero-order chi connectivity index (χ0) is 24.9. The van der Waals surface area contributed by atoms with E-state index in [4.69, 9.17) is 25.7 Å². The Morgan fingerprint density at radius 1 is 1.12 bits per heavy atom. The van der Waals surface area contributed by atoms with E-state index in [9.17, 15) is 19.8 Å². The number of hydrogen-bond acceptors (Lipinski definition) is 9. The number of benzene rings is 2. The number of phenols is 1. The molecule has 0 radical (unpaired) electrons. The Hall–Kier alpha value is -3.34. The average Bonchev–Trinajstić information content (AvgIpc) is 2.82. The predicted molar refractivity (Wildman–Crippen MR) is 126 cm³/mol. The number of primary amides is 1. The molecule has 0 bridgehead atoms. The molecule has 0 saturated carbocycles. The lowest BCUT2D eigenvalue weighted by molar-refractivity contribution is -0.148. The highest BCUT2D eigenvalue weighted by Gasteiger charge is 2.19. The Balaban J connectivity index is 1.66. The summed E-state index contributed by atoms with van der Waals surface area (Å²) in [6.07, 6.45) is 0.207. The number of hydrogen-bond donors (Lipinski definition) is 5. The van der Waals surface area contributed by atoms with Gasteiger partial charge in [0.1, 0.15) is 42.6 Å². The molecular formula is C24H33N3O7. The minimum Gasteiger partial charge on any atom is -0.507 e. The fourth-order valence-electron chi connectivity index (χ4n) is 3.00. The molecule has 0 aliphatic heterocycles. The maximum absolute atomic E-state index is 12.2. The van der Waals surface area contributed by atoms with Crippen molar-refractivity contribution < 1.29 is 34.0 Å². The molecule has 0 saturated heterocycles. The summed E-state index contributed by atoms with van der Waals surface area (Å²) in [4.78, 5) is 23.5. The van der Waals surface area contributed by atoms with Crippen molar-refractivity contribution in [2.75, 3.05) is 32.9 Å². The number of aliphatic hydroxyl groups is 1. The van der Waals surface area contributed by atoms with Crippen LogP contribution in [0.15, 0.2) is 42.5 Å². The lowest BCUT2D eigenvalue weighted by atomic mass is 10.1. The molecular weight excluding hydrogens is 442 g/mol. The highest BCUT2D eigenvalue weighted by atomic mass is 16.5. The Morgan fingerprint density at radius 3 is 2.62 bits per heavy atom. The molecule has 0 spiro atoms. The van der Waals surface area contributed by atoms with Gasteiger partial charge in [-0.25, -0.2) is 0 Å². The number of para-hydroxylation sites is 1. The molecule has 0 aliphatic carbocycles. The first kappa shape index (κ1) is 26.9. The molecule has 186 valence electrons. The Morgan fingerprint density at radius 2 is 1.88 bits per heavy atom. The van der Waals surface area contributed by atoms with Gasteiger partial charge in [-0.2, -0.15) is 0 Å². The first-order valence-corrected chi connectivity index (χ1v) is 11.1. The van der Waals surface area contributed by atoms with Crippen molar-refractivity contribution >= 4 is 11.9 Å². The van der Waals surface area contributed by atoms with Gasteiger partial charge < -0.3 is 41.2 Å². The van der Waals surface area contributed by atoms with Gasteiger partial charge in [-0.3, -0.25) is 9.59 Å². The van der Waals surface area contributed by atoms with Crippen LogP contribution in [0.4, 0.5) is 0 Å². The fourth-order valence-corrected chi connectivity index (χ4v) is 3.00. The van der Waals surface area contributed by atoms with Gasteiger partial charge in [-0.05, 0) is 36.2 Å². The van der Waals surface area contributed by atoms with Crippen molar-refractivity contribution in [3.63, 3.8) is 0 Å². The molecule has 2 atom stereocenters. The van der Waals surface area contributed by atoms with Gasteiger partial charge >= 0.3 is 5.97 Å². The monoisotopic (exact) mass is 475 g/mol. The van der Waals surface area contributed by atoms with Gasteiger partial charge in [-0.1, -0.05) is 25.1 Å². The van der Waals surface area contributed by atoms with Crippen LogP contribution >= 0.6 is 0 Å². The second kappa shape index (κ2) is 14.0. The molecule has 1 amide bonds. The van der Waals surface area contributed by atoms with Crippen LogP contribution in [0.5, 0.6) is 17.2 Å². The Labute approximate surface area is 198 Å². The number of nitrogens with one attached hydrogen (secondary N) is 1. The van der Waals surface area contributed by atoms with Gasteiger partial charge in [0.2, 0.25) is 0 Å². The molecule has 0 aromatic heterocycles. The number of carbonyl (C=O) groups excluding carboxylic acids is 2. The van der Waals surface area contributed by atoms with Crippen LogP contribution in [-0.4, -0.2) is 67.1 Å². The van der Waals surface area contributed by atoms with E-state index >= 15 is 0 Å². The minimum absolute atomic E-state index is 0.0297. The van der Waals surface area contributed by atoms with Gasteiger partial charge in [0.25, 0.3) is 5.91 Å². The van der Waals surface area contributed by atoms with Gasteiger partial charge in [0, 0.05) is 19.5 Å². The summed E-state index contributed by atoms with van der Waals surface area (Å²) in [5.41, 5.74) is 11.9. The van der Waals surface area contributed by atoms with Crippen LogP contribution in [0.3, 0.4) is 0 Å². The van der Waals surface area contributed by atoms with E-state index in [0.29, 0.717) is 24.7 Å². The van der Waals surface area contributed by atoms with E-state index in [1.165, 1.54) is 18.2 Å². The third-order valence-electron chi connectivity index (χ3n) is 4.76. The number of carbonyl (C=O) groups is 2. The first-order valence-electron chi connectivity index (χ1n) is 11.1. The van der Waals surface area contributed by atoms with Crippen LogP contribution in [0.25, 0.3) is 0 Å². The second-order valence-electron chi connectivity index (χ2n) is 7.65. The van der Waals surface area contributed by atoms with E-state index in [1.807, 2.05) is 31.2 Å². The van der Waals surface area contributed by atoms with Gasteiger partial charge in [-0.15, -0.1) is 0 Å². The number of rotatable bonds is 15. The van der Waals surface area contributed by atoms with Crippen LogP contribution in [0, 0.1) is 0 Å². The number of aromatic hydroxyl groups is 1. The average molecular weight is 476 g/mol. The maximum atomic E-state index is 12.2. The molecule has 10 heteroatoms. The standard InChI is InChI=1S/C24H33N3O7/c1-2-10-33-22-6-4-3-5-16(22)12-20(25)24(31)34-15-17(28)14-27-9-11-32-18-7-8-21(29)19(13-18)23(26)30/h3-8,13,17,20,27-29H,2,9-12,14-15,25H2,1H3,(H2,26,30)/t17?,20-/m0/s1. The molecule has 2 rings (SSSR count). The lowest BCUT2D eigenvalue weighted by Gasteiger charge is -2.17. The molecule has 0 fully saturated rings. The number of esters is 1. The zero-order valence-corrected chi connectivity index (χ0v) is 19.2. The number of aliphatic hydroxyl groups excluding tert-OH is 1. The quantitative estimate of drug-likeness (QED) is 0.184. The highest BCUT2D eigenvalue weighted by molar-refractivity contribution is 5.95. The normalized spacial score (nSPS) is 12.6. The molecule has 1 unspecified atom stereocenters. The second-order valence-corrected chi connectivity index (χ2v) is 7.65. The molecule has 0 heterocycles. The third kappa shape index (κ3) is 8.89. The Bertz CT molecular complexity index is 939. The summed E-state index contributed by atoms with van der Waals surface area (Å²) in [5.74, 6) is -0.516. The minimum atomic E-state index is -0.925. The summed E-state index contributed by atoms with van der Waals surface area (Å²) >= 11 is 0. The summed E-state index contributed by atoms with van der Waals surface area (Å²) < 4.78 is 16.3. The third-order valence-corrected chi connectivity index (χ3v) is 4.76. The topological polar surface area (TPSA) is 166 Å². The van der Waals surface area contributed by atoms with Crippen LogP contribution < -0.4 is 26.3 Å². The number of ether oxygens (including phenoxy) is 3. The molecule has 2 aromatic rings. The molecule has 0 aliphatic rings. The maximum Gasteiger partial charge on any atom is 0.323 e. The van der Waals surface area contributed by atoms with E-state index in [0.717, 1.165) is 12.0 Å². The van der Waals surface area contributed by atoms with Crippen molar-refractivity contribution in [3.8, 4) is 17.2 Å². The Kier molecular flexibility index (Phi) is 11.1. The number of nitrogens with two attached hydrogens (primary N) is 2. The highest BCUT2D eigenvalue weighted by Crippen LogP contribution is 2.22. The SMILES string of the molecule is CCCOc1ccccc1C[C@H](N)C(=O)OCC(O)CNCCOc1ccc(O)c(C(N)=O)c1. The van der Waals surface area contributed by atoms with Crippen molar-refractivity contribution in [1.82, 2.24) is 5.32 Å². The summed E-state index contributed by atoms with van der Waals surface area (Å²) in [7, 11) is 0. The largest absolute Gasteiger partial charge is 0.507 e. The zero-order valence-electron chi connectivity index (χ0n) is 19.2. The van der Waals surface area contributed by atoms with Crippen LogP contribution in [0.1, 0.15) is 29.3 Å². The van der Waals surface area contributed by atoms with Crippen molar-refractivity contribution in [2.24, 2.45) is 11.5 Å². The van der Waals surface area contributed by atoms with E-state index in [-0.39, 0.29) is 37.5 Å². The first-order chi connectivity index (χ1) is 16.3. The fraction of sp³-hybridized carbons (Fsp3) is 0.417. The van der Waals surface area contributed by atoms with Crippen molar-refractivity contribution in [3.05, 3.63) is 53.6 Å². The predicted octanol–water partition coefficient (Wildman–Crippen LogP) is 0.722. The summed E-state index contributed by atoms with van der Waals surface area (Å²) in [5, 5.41) is 22.6. The smallest absolute Gasteiger partial charge is 0.323 e. The van der Waals surface area contributed by atoms with Crippen molar-refractivity contribution in [2.45, 2.75) is 31.9 Å². The molecule has 2 aromatic carbocycles. The number of amides is 1. The van der Waals surface area contributed by atoms with Gasteiger partial charge in [0.05, 0.1) is 12.2 Å². The van der Waals surface area contributed by atoms with E-state index in [2.05, 4.69) is 5.32 Å². The summed E-state index contributed by atoms with van der Waals surface area (Å²) in [6, 6.07) is 10.7. The van der Waals surface area contributed by atoms with E-state index < -0.39 is 24.0 Å².